The first-order chi connectivity index (χ1) is 11.9. The van der Waals surface area contributed by atoms with Gasteiger partial charge in [-0.1, -0.05) is 36.8 Å². The first kappa shape index (κ1) is 18.2. The van der Waals surface area contributed by atoms with E-state index in [1.54, 1.807) is 0 Å². The summed E-state index contributed by atoms with van der Waals surface area (Å²) in [6.07, 6.45) is 4.80. The predicted molar refractivity (Wildman–Crippen MR) is 101 cm³/mol. The van der Waals surface area contributed by atoms with Crippen LogP contribution in [-0.4, -0.2) is 42.3 Å². The van der Waals surface area contributed by atoms with Gasteiger partial charge in [0.2, 0.25) is 0 Å². The van der Waals surface area contributed by atoms with Crippen molar-refractivity contribution in [1.29, 1.82) is 0 Å². The van der Waals surface area contributed by atoms with Crippen molar-refractivity contribution >= 4 is 6.09 Å². The molecule has 1 heterocycles. The van der Waals surface area contributed by atoms with Crippen LogP contribution in [0, 0.1) is 11.8 Å². The van der Waals surface area contributed by atoms with Crippen molar-refractivity contribution in [2.24, 2.45) is 11.8 Å². The number of nitrogens with zero attached hydrogens (tertiary/aromatic N) is 1. The van der Waals surface area contributed by atoms with Gasteiger partial charge < -0.3 is 15.0 Å². The molecule has 2 aliphatic rings. The fourth-order valence-corrected chi connectivity index (χ4v) is 3.72. The van der Waals surface area contributed by atoms with Crippen LogP contribution in [0.25, 0.3) is 0 Å². The van der Waals surface area contributed by atoms with Crippen LogP contribution < -0.4 is 5.32 Å². The van der Waals surface area contributed by atoms with Gasteiger partial charge in [0.1, 0.15) is 5.60 Å². The Bertz CT molecular complexity index is 563. The van der Waals surface area contributed by atoms with Crippen molar-refractivity contribution in [2.45, 2.75) is 58.1 Å². The zero-order chi connectivity index (χ0) is 17.9. The highest BCUT2D eigenvalue weighted by molar-refractivity contribution is 5.68. The summed E-state index contributed by atoms with van der Waals surface area (Å²) in [5.41, 5.74) is 0.918. The Labute approximate surface area is 151 Å². The maximum atomic E-state index is 12.5. The molecule has 25 heavy (non-hydrogen) atoms. The number of hydrogen-bond donors (Lipinski definition) is 1. The second-order valence-corrected chi connectivity index (χ2v) is 8.63. The number of hydrogen-bond acceptors (Lipinski definition) is 3. The lowest BCUT2D eigenvalue weighted by Gasteiger charge is -2.29. The van der Waals surface area contributed by atoms with Gasteiger partial charge in [0.05, 0.1) is 0 Å². The van der Waals surface area contributed by atoms with Crippen molar-refractivity contribution in [2.75, 3.05) is 19.6 Å². The fourth-order valence-electron chi connectivity index (χ4n) is 3.72. The van der Waals surface area contributed by atoms with Crippen molar-refractivity contribution < 1.29 is 9.53 Å². The van der Waals surface area contributed by atoms with E-state index in [0.29, 0.717) is 17.9 Å². The van der Waals surface area contributed by atoms with Crippen molar-refractivity contribution in [1.82, 2.24) is 10.2 Å². The van der Waals surface area contributed by atoms with Crippen molar-refractivity contribution in [3.05, 3.63) is 35.9 Å². The van der Waals surface area contributed by atoms with Crippen molar-refractivity contribution in [3.8, 4) is 0 Å². The molecule has 3 rings (SSSR count). The first-order valence-electron chi connectivity index (χ1n) is 9.66. The maximum absolute atomic E-state index is 12.5. The van der Waals surface area contributed by atoms with E-state index in [1.807, 2.05) is 25.7 Å². The van der Waals surface area contributed by atoms with Crippen LogP contribution >= 0.6 is 0 Å². The lowest BCUT2D eigenvalue weighted by Crippen LogP contribution is -2.40. The zero-order valence-corrected chi connectivity index (χ0v) is 15.8. The van der Waals surface area contributed by atoms with Crippen LogP contribution in [0.1, 0.15) is 45.6 Å². The highest BCUT2D eigenvalue weighted by Gasteiger charge is 2.37. The van der Waals surface area contributed by atoms with Crippen LogP contribution in [0.5, 0.6) is 0 Å². The summed E-state index contributed by atoms with van der Waals surface area (Å²) >= 11 is 0. The van der Waals surface area contributed by atoms with E-state index in [0.717, 1.165) is 26.1 Å². The van der Waals surface area contributed by atoms with Gasteiger partial charge >= 0.3 is 6.09 Å². The third-order valence-electron chi connectivity index (χ3n) is 5.34. The number of benzene rings is 1. The Kier molecular flexibility index (Phi) is 5.67. The van der Waals surface area contributed by atoms with E-state index in [-0.39, 0.29) is 6.09 Å². The molecule has 1 N–H and O–H groups in total. The molecular weight excluding hydrogens is 312 g/mol. The quantitative estimate of drug-likeness (QED) is 0.882. The van der Waals surface area contributed by atoms with Crippen LogP contribution in [0.2, 0.25) is 0 Å². The molecule has 0 spiro atoms. The second-order valence-electron chi connectivity index (χ2n) is 8.63. The molecule has 0 radical (unpaired) electrons. The van der Waals surface area contributed by atoms with E-state index >= 15 is 0 Å². The molecule has 1 amide bonds. The van der Waals surface area contributed by atoms with Crippen LogP contribution in [0.3, 0.4) is 0 Å². The Morgan fingerprint density at radius 1 is 1.16 bits per heavy atom. The van der Waals surface area contributed by atoms with Crippen LogP contribution in [-0.2, 0) is 11.2 Å². The molecule has 138 valence electrons. The van der Waals surface area contributed by atoms with E-state index in [9.17, 15) is 4.79 Å². The molecule has 1 saturated heterocycles. The molecule has 1 aliphatic carbocycles. The SMILES string of the molecule is CC(C)(C)OC(=O)N1C[C@@H](CNC2CCC2)[C@H](Cc2ccccc2)C1. The average Bonchev–Trinajstić information content (AvgIpc) is 2.88. The third-order valence-corrected chi connectivity index (χ3v) is 5.34. The lowest BCUT2D eigenvalue weighted by atomic mass is 9.88. The van der Waals surface area contributed by atoms with Gasteiger partial charge in [-0.2, -0.15) is 0 Å². The largest absolute Gasteiger partial charge is 0.444 e. The van der Waals surface area contributed by atoms with E-state index < -0.39 is 5.60 Å². The summed E-state index contributed by atoms with van der Waals surface area (Å²) in [7, 11) is 0. The number of likely N-dealkylation sites (tertiary alicyclic amines) is 1. The summed E-state index contributed by atoms with van der Waals surface area (Å²) in [6, 6.07) is 11.3. The number of nitrogens with one attached hydrogen (secondary N) is 1. The van der Waals surface area contributed by atoms with Gasteiger partial charge in [-0.05, 0) is 57.4 Å². The minimum atomic E-state index is -0.436. The molecule has 0 unspecified atom stereocenters. The van der Waals surface area contributed by atoms with E-state index in [4.69, 9.17) is 4.74 Å². The Hall–Kier alpha value is -1.55. The smallest absolute Gasteiger partial charge is 0.410 e. The molecule has 1 saturated carbocycles. The van der Waals surface area contributed by atoms with Gasteiger partial charge in [-0.3, -0.25) is 0 Å². The minimum Gasteiger partial charge on any atom is -0.444 e. The monoisotopic (exact) mass is 344 g/mol. The Morgan fingerprint density at radius 2 is 1.84 bits per heavy atom. The fraction of sp³-hybridized carbons (Fsp3) is 0.667. The average molecular weight is 344 g/mol. The highest BCUT2D eigenvalue weighted by Crippen LogP contribution is 2.29. The minimum absolute atomic E-state index is 0.170. The topological polar surface area (TPSA) is 41.6 Å². The summed E-state index contributed by atoms with van der Waals surface area (Å²) < 4.78 is 5.59. The molecule has 4 heteroatoms. The number of carbonyl (C=O) groups excluding carboxylic acids is 1. The maximum Gasteiger partial charge on any atom is 0.410 e. The van der Waals surface area contributed by atoms with Gasteiger partial charge in [0, 0.05) is 25.7 Å². The normalized spacial score (nSPS) is 24.2. The molecule has 1 aromatic rings. The molecule has 0 aromatic heterocycles. The zero-order valence-electron chi connectivity index (χ0n) is 15.8. The van der Waals surface area contributed by atoms with E-state index in [2.05, 4.69) is 35.6 Å². The summed E-state index contributed by atoms with van der Waals surface area (Å²) in [4.78, 5) is 14.4. The summed E-state index contributed by atoms with van der Waals surface area (Å²) in [5, 5.41) is 3.71. The van der Waals surface area contributed by atoms with E-state index in [1.165, 1.54) is 24.8 Å². The third kappa shape index (κ3) is 5.21. The lowest BCUT2D eigenvalue weighted by molar-refractivity contribution is 0.0283. The van der Waals surface area contributed by atoms with Gasteiger partial charge in [-0.15, -0.1) is 0 Å². The molecule has 4 nitrogen and oxygen atoms in total. The number of carbonyl (C=O) groups is 1. The van der Waals surface area contributed by atoms with Crippen LogP contribution in [0.15, 0.2) is 30.3 Å². The number of ether oxygens (including phenoxy) is 1. The molecule has 1 aromatic carbocycles. The predicted octanol–water partition coefficient (Wildman–Crippen LogP) is 3.85. The van der Waals surface area contributed by atoms with Gasteiger partial charge in [-0.25, -0.2) is 4.79 Å². The van der Waals surface area contributed by atoms with Crippen molar-refractivity contribution in [3.63, 3.8) is 0 Å². The standard InChI is InChI=1S/C21H32N2O2/c1-21(2,3)25-20(24)23-14-17(12-16-8-5-4-6-9-16)18(15-23)13-22-19-10-7-11-19/h4-6,8-9,17-19,22H,7,10-15H2,1-3H3/t17-,18-/m1/s1. The highest BCUT2D eigenvalue weighted by atomic mass is 16.6. The van der Waals surface area contributed by atoms with Gasteiger partial charge in [0.25, 0.3) is 0 Å². The molecule has 2 atom stereocenters. The van der Waals surface area contributed by atoms with Gasteiger partial charge in [0.15, 0.2) is 0 Å². The number of rotatable bonds is 5. The van der Waals surface area contributed by atoms with Crippen LogP contribution in [0.4, 0.5) is 4.79 Å². The Balaban J connectivity index is 1.62. The number of amides is 1. The molecule has 2 fully saturated rings. The first-order valence-corrected chi connectivity index (χ1v) is 9.66. The summed E-state index contributed by atoms with van der Waals surface area (Å²) in [6.45, 7) is 8.38. The Morgan fingerprint density at radius 3 is 2.44 bits per heavy atom. The molecular formula is C21H32N2O2. The molecule has 0 bridgehead atoms. The second kappa shape index (κ2) is 7.77. The molecule has 1 aliphatic heterocycles. The summed E-state index contributed by atoms with van der Waals surface area (Å²) in [5.74, 6) is 0.982.